The first-order valence-corrected chi connectivity index (χ1v) is 8.98. The summed E-state index contributed by atoms with van der Waals surface area (Å²) in [5, 5.41) is 13.5. The van der Waals surface area contributed by atoms with Crippen molar-refractivity contribution in [2.24, 2.45) is 0 Å². The highest BCUT2D eigenvalue weighted by Crippen LogP contribution is 2.23. The van der Waals surface area contributed by atoms with Crippen LogP contribution in [-0.4, -0.2) is 27.6 Å². The van der Waals surface area contributed by atoms with E-state index in [9.17, 15) is 9.18 Å². The minimum Gasteiger partial charge on any atom is -0.337 e. The van der Waals surface area contributed by atoms with Crippen molar-refractivity contribution in [3.8, 4) is 6.07 Å². The minimum absolute atomic E-state index is 0.239. The van der Waals surface area contributed by atoms with Crippen molar-refractivity contribution >= 4 is 17.5 Å². The summed E-state index contributed by atoms with van der Waals surface area (Å²) >= 11 is 6.44. The van der Waals surface area contributed by atoms with Gasteiger partial charge in [0.05, 0.1) is 29.4 Å². The van der Waals surface area contributed by atoms with Gasteiger partial charge < -0.3 is 4.90 Å². The first kappa shape index (κ1) is 19.6. The molecule has 0 radical (unpaired) electrons. The summed E-state index contributed by atoms with van der Waals surface area (Å²) in [7, 11) is 1.69. The summed E-state index contributed by atoms with van der Waals surface area (Å²) in [6.45, 7) is 2.45. The zero-order chi connectivity index (χ0) is 20.3. The van der Waals surface area contributed by atoms with Crippen LogP contribution < -0.4 is 0 Å². The van der Waals surface area contributed by atoms with Gasteiger partial charge in [-0.25, -0.2) is 9.07 Å². The van der Waals surface area contributed by atoms with Gasteiger partial charge in [0.2, 0.25) is 0 Å². The zero-order valence-electron chi connectivity index (χ0n) is 15.5. The SMILES string of the molecule is Cc1nn(Cc2ccc(F)cc2)c(Cl)c1C(=O)N(C)Cc1ccc(C#N)cc1. The number of halogens is 2. The average Bonchev–Trinajstić information content (AvgIpc) is 2.96. The summed E-state index contributed by atoms with van der Waals surface area (Å²) in [6, 6.07) is 15.2. The molecule has 7 heteroatoms. The van der Waals surface area contributed by atoms with Crippen LogP contribution >= 0.6 is 11.6 Å². The van der Waals surface area contributed by atoms with Crippen LogP contribution in [0.15, 0.2) is 48.5 Å². The third-order valence-electron chi connectivity index (χ3n) is 4.37. The van der Waals surface area contributed by atoms with Gasteiger partial charge in [-0.05, 0) is 42.3 Å². The number of hydrogen-bond donors (Lipinski definition) is 0. The highest BCUT2D eigenvalue weighted by Gasteiger charge is 2.23. The van der Waals surface area contributed by atoms with Gasteiger partial charge in [-0.15, -0.1) is 0 Å². The Labute approximate surface area is 167 Å². The topological polar surface area (TPSA) is 61.9 Å². The van der Waals surface area contributed by atoms with Crippen LogP contribution in [0.4, 0.5) is 4.39 Å². The van der Waals surface area contributed by atoms with Crippen molar-refractivity contribution in [1.82, 2.24) is 14.7 Å². The van der Waals surface area contributed by atoms with Crippen LogP contribution in [0.2, 0.25) is 5.15 Å². The average molecular weight is 397 g/mol. The van der Waals surface area contributed by atoms with E-state index in [2.05, 4.69) is 11.2 Å². The largest absolute Gasteiger partial charge is 0.337 e. The van der Waals surface area contributed by atoms with E-state index in [1.807, 2.05) is 12.1 Å². The highest BCUT2D eigenvalue weighted by atomic mass is 35.5. The third-order valence-corrected chi connectivity index (χ3v) is 4.76. The Morgan fingerprint density at radius 2 is 1.79 bits per heavy atom. The van der Waals surface area contributed by atoms with Crippen LogP contribution in [0.5, 0.6) is 0 Å². The number of carbonyl (C=O) groups excluding carboxylic acids is 1. The molecule has 5 nitrogen and oxygen atoms in total. The van der Waals surface area contributed by atoms with E-state index in [1.165, 1.54) is 16.8 Å². The number of nitriles is 1. The number of hydrogen-bond acceptors (Lipinski definition) is 3. The van der Waals surface area contributed by atoms with Crippen molar-refractivity contribution in [2.45, 2.75) is 20.0 Å². The number of nitrogens with zero attached hydrogens (tertiary/aromatic N) is 4. The number of amides is 1. The molecule has 0 bridgehead atoms. The smallest absolute Gasteiger partial charge is 0.258 e. The Balaban J connectivity index is 1.78. The second-order valence-electron chi connectivity index (χ2n) is 6.51. The second-order valence-corrected chi connectivity index (χ2v) is 6.86. The zero-order valence-corrected chi connectivity index (χ0v) is 16.2. The van der Waals surface area contributed by atoms with Gasteiger partial charge in [-0.3, -0.25) is 4.79 Å². The van der Waals surface area contributed by atoms with Gasteiger partial charge in [0, 0.05) is 13.6 Å². The Morgan fingerprint density at radius 1 is 1.18 bits per heavy atom. The van der Waals surface area contributed by atoms with E-state index in [1.54, 1.807) is 43.1 Å². The van der Waals surface area contributed by atoms with Gasteiger partial charge in [-0.2, -0.15) is 10.4 Å². The molecule has 0 aliphatic heterocycles. The number of rotatable bonds is 5. The molecule has 1 heterocycles. The minimum atomic E-state index is -0.313. The molecule has 0 spiro atoms. The lowest BCUT2D eigenvalue weighted by Gasteiger charge is -2.17. The van der Waals surface area contributed by atoms with Crippen LogP contribution in [0.25, 0.3) is 0 Å². The van der Waals surface area contributed by atoms with Crippen molar-refractivity contribution in [3.05, 3.63) is 87.4 Å². The molecule has 2 aromatic carbocycles. The predicted octanol–water partition coefficient (Wildman–Crippen LogP) is 4.18. The molecule has 3 rings (SSSR count). The molecular formula is C21H18ClFN4O. The highest BCUT2D eigenvalue weighted by molar-refractivity contribution is 6.33. The van der Waals surface area contributed by atoms with Gasteiger partial charge in [0.1, 0.15) is 11.0 Å². The van der Waals surface area contributed by atoms with Crippen LogP contribution in [-0.2, 0) is 13.1 Å². The molecule has 1 aromatic heterocycles. The third kappa shape index (κ3) is 4.21. The maximum absolute atomic E-state index is 13.1. The lowest BCUT2D eigenvalue weighted by atomic mass is 10.1. The summed E-state index contributed by atoms with van der Waals surface area (Å²) in [4.78, 5) is 14.5. The maximum atomic E-state index is 13.1. The molecule has 0 unspecified atom stereocenters. The summed E-state index contributed by atoms with van der Waals surface area (Å²) in [6.07, 6.45) is 0. The Hall–Kier alpha value is -3.17. The van der Waals surface area contributed by atoms with E-state index < -0.39 is 0 Å². The maximum Gasteiger partial charge on any atom is 0.258 e. The fraction of sp³-hybridized carbons (Fsp3) is 0.190. The fourth-order valence-corrected chi connectivity index (χ4v) is 3.20. The molecule has 0 aliphatic rings. The Morgan fingerprint density at radius 3 is 2.39 bits per heavy atom. The van der Waals surface area contributed by atoms with Crippen LogP contribution in [0.3, 0.4) is 0 Å². The normalized spacial score (nSPS) is 10.5. The summed E-state index contributed by atoms with van der Waals surface area (Å²) in [5.74, 6) is -0.552. The molecule has 0 atom stereocenters. The fourth-order valence-electron chi connectivity index (χ4n) is 2.89. The molecule has 28 heavy (non-hydrogen) atoms. The molecule has 0 N–H and O–H groups in total. The standard InChI is InChI=1S/C21H18ClFN4O/c1-14-19(20(22)27(25-14)13-17-7-9-18(23)10-8-17)21(28)26(2)12-16-5-3-15(11-24)4-6-16/h3-10H,12-13H2,1-2H3. The van der Waals surface area contributed by atoms with E-state index >= 15 is 0 Å². The first-order valence-electron chi connectivity index (χ1n) is 8.61. The molecule has 142 valence electrons. The number of aryl methyl sites for hydroxylation is 1. The lowest BCUT2D eigenvalue weighted by molar-refractivity contribution is 0.0784. The number of aromatic nitrogens is 2. The molecule has 3 aromatic rings. The van der Waals surface area contributed by atoms with E-state index in [0.717, 1.165) is 11.1 Å². The van der Waals surface area contributed by atoms with E-state index in [4.69, 9.17) is 16.9 Å². The quantitative estimate of drug-likeness (QED) is 0.650. The van der Waals surface area contributed by atoms with Crippen molar-refractivity contribution in [3.63, 3.8) is 0 Å². The number of carbonyl (C=O) groups is 1. The Kier molecular flexibility index (Phi) is 5.76. The van der Waals surface area contributed by atoms with E-state index in [-0.39, 0.29) is 16.9 Å². The molecule has 0 aliphatic carbocycles. The summed E-state index contributed by atoms with van der Waals surface area (Å²) in [5.41, 5.74) is 3.18. The molecule has 1 amide bonds. The van der Waals surface area contributed by atoms with Crippen LogP contribution in [0.1, 0.15) is 32.7 Å². The lowest BCUT2D eigenvalue weighted by Crippen LogP contribution is -2.26. The molecular weight excluding hydrogens is 379 g/mol. The molecule has 0 fully saturated rings. The van der Waals surface area contributed by atoms with Gasteiger partial charge in [0.15, 0.2) is 0 Å². The Bertz CT molecular complexity index is 1040. The molecule has 0 saturated carbocycles. The second kappa shape index (κ2) is 8.24. The predicted molar refractivity (Wildman–Crippen MR) is 104 cm³/mol. The van der Waals surface area contributed by atoms with Crippen molar-refractivity contribution in [1.29, 1.82) is 5.26 Å². The van der Waals surface area contributed by atoms with Gasteiger partial charge in [0.25, 0.3) is 5.91 Å². The van der Waals surface area contributed by atoms with Crippen molar-refractivity contribution in [2.75, 3.05) is 7.05 Å². The monoisotopic (exact) mass is 396 g/mol. The van der Waals surface area contributed by atoms with Gasteiger partial charge >= 0.3 is 0 Å². The first-order chi connectivity index (χ1) is 13.4. The van der Waals surface area contributed by atoms with Crippen molar-refractivity contribution < 1.29 is 9.18 Å². The summed E-state index contributed by atoms with van der Waals surface area (Å²) < 4.78 is 14.6. The van der Waals surface area contributed by atoms with Gasteiger partial charge in [-0.1, -0.05) is 35.9 Å². The number of benzene rings is 2. The van der Waals surface area contributed by atoms with Crippen LogP contribution in [0, 0.1) is 24.1 Å². The molecule has 0 saturated heterocycles. The van der Waals surface area contributed by atoms with E-state index in [0.29, 0.717) is 29.9 Å².